The van der Waals surface area contributed by atoms with Crippen LogP contribution in [0.1, 0.15) is 10.4 Å². The summed E-state index contributed by atoms with van der Waals surface area (Å²) in [6.07, 6.45) is 0. The molecule has 0 radical (unpaired) electrons. The van der Waals surface area contributed by atoms with Crippen molar-refractivity contribution in [3.05, 3.63) is 20.8 Å². The van der Waals surface area contributed by atoms with E-state index in [0.717, 1.165) is 14.8 Å². The fraction of sp³-hybridized carbons (Fsp3) is 0.333. The van der Waals surface area contributed by atoms with Gasteiger partial charge in [-0.25, -0.2) is 0 Å². The maximum Gasteiger partial charge on any atom is 0.0960 e. The van der Waals surface area contributed by atoms with E-state index in [0.29, 0.717) is 5.88 Å². The maximum atomic E-state index is 5.77. The minimum atomic E-state index is 0.568. The summed E-state index contributed by atoms with van der Waals surface area (Å²) in [4.78, 5) is 1.14. The zero-order chi connectivity index (χ0) is 6.85. The molecule has 0 aromatic carbocycles. The van der Waals surface area contributed by atoms with Crippen molar-refractivity contribution in [2.24, 2.45) is 0 Å². The number of rotatable bonds is 1. The monoisotopic (exact) mass is 180 g/mol. The Kier molecular flexibility index (Phi) is 2.39. The predicted octanol–water partition coefficient (Wildman–Crippen LogP) is 3.45. The van der Waals surface area contributed by atoms with Crippen LogP contribution in [0, 0.1) is 6.92 Å². The average Bonchev–Trinajstić information content (AvgIpc) is 2.13. The van der Waals surface area contributed by atoms with Gasteiger partial charge in [0.2, 0.25) is 0 Å². The molecule has 0 aliphatic rings. The van der Waals surface area contributed by atoms with Crippen molar-refractivity contribution >= 4 is 34.5 Å². The van der Waals surface area contributed by atoms with Crippen LogP contribution in [-0.2, 0) is 5.88 Å². The molecule has 0 atom stereocenters. The summed E-state index contributed by atoms with van der Waals surface area (Å²) in [7, 11) is 0. The molecule has 0 bridgehead atoms. The van der Waals surface area contributed by atoms with E-state index in [1.807, 2.05) is 13.0 Å². The molecule has 0 fully saturated rings. The van der Waals surface area contributed by atoms with Crippen LogP contribution in [0.5, 0.6) is 0 Å². The molecule has 9 heavy (non-hydrogen) atoms. The van der Waals surface area contributed by atoms with E-state index in [9.17, 15) is 0 Å². The molecule has 50 valence electrons. The first-order chi connectivity index (χ1) is 4.24. The minimum absolute atomic E-state index is 0.568. The molecule has 0 nitrogen and oxygen atoms in total. The van der Waals surface area contributed by atoms with Crippen molar-refractivity contribution < 1.29 is 0 Å². The summed E-state index contributed by atoms with van der Waals surface area (Å²) >= 11 is 12.9. The Balaban J connectivity index is 2.98. The SMILES string of the molecule is Cc1cc(CCl)sc1Cl. The van der Waals surface area contributed by atoms with E-state index < -0.39 is 0 Å². The third-order valence-electron chi connectivity index (χ3n) is 1.04. The molecule has 3 heteroatoms. The van der Waals surface area contributed by atoms with Gasteiger partial charge in [0.25, 0.3) is 0 Å². The van der Waals surface area contributed by atoms with Gasteiger partial charge in [0.05, 0.1) is 10.2 Å². The van der Waals surface area contributed by atoms with E-state index >= 15 is 0 Å². The number of hydrogen-bond donors (Lipinski definition) is 0. The van der Waals surface area contributed by atoms with Crippen LogP contribution in [0.3, 0.4) is 0 Å². The van der Waals surface area contributed by atoms with E-state index in [2.05, 4.69) is 0 Å². The maximum absolute atomic E-state index is 5.77. The number of thiophene rings is 1. The van der Waals surface area contributed by atoms with Gasteiger partial charge in [0.15, 0.2) is 0 Å². The van der Waals surface area contributed by atoms with Gasteiger partial charge in [-0.1, -0.05) is 11.6 Å². The van der Waals surface area contributed by atoms with Gasteiger partial charge in [-0.3, -0.25) is 0 Å². The fourth-order valence-electron chi connectivity index (χ4n) is 0.589. The Morgan fingerprint density at radius 2 is 2.33 bits per heavy atom. The Morgan fingerprint density at radius 3 is 2.56 bits per heavy atom. The van der Waals surface area contributed by atoms with Crippen molar-refractivity contribution in [2.45, 2.75) is 12.8 Å². The van der Waals surface area contributed by atoms with Gasteiger partial charge >= 0.3 is 0 Å². The molecular formula is C6H6Cl2S. The molecule has 1 aromatic rings. The Labute approximate surface area is 68.4 Å². The number of alkyl halides is 1. The molecule has 0 unspecified atom stereocenters. The minimum Gasteiger partial charge on any atom is -0.127 e. The van der Waals surface area contributed by atoms with Crippen molar-refractivity contribution in [1.29, 1.82) is 0 Å². The number of halogens is 2. The molecule has 1 rings (SSSR count). The van der Waals surface area contributed by atoms with Gasteiger partial charge in [-0.15, -0.1) is 22.9 Å². The molecule has 0 amide bonds. The molecular weight excluding hydrogens is 175 g/mol. The molecule has 0 saturated heterocycles. The third kappa shape index (κ3) is 1.60. The van der Waals surface area contributed by atoms with E-state index in [1.54, 1.807) is 11.3 Å². The van der Waals surface area contributed by atoms with Crippen LogP contribution >= 0.6 is 34.5 Å². The second kappa shape index (κ2) is 2.91. The molecule has 1 aromatic heterocycles. The summed E-state index contributed by atoms with van der Waals surface area (Å²) in [5.41, 5.74) is 1.12. The molecule has 0 N–H and O–H groups in total. The van der Waals surface area contributed by atoms with Crippen LogP contribution in [0.25, 0.3) is 0 Å². The summed E-state index contributed by atoms with van der Waals surface area (Å²) in [6.45, 7) is 1.98. The van der Waals surface area contributed by atoms with Gasteiger partial charge < -0.3 is 0 Å². The van der Waals surface area contributed by atoms with Crippen molar-refractivity contribution in [3.63, 3.8) is 0 Å². The van der Waals surface area contributed by atoms with Crippen LogP contribution in [-0.4, -0.2) is 0 Å². The van der Waals surface area contributed by atoms with E-state index in [-0.39, 0.29) is 0 Å². The molecule has 0 aliphatic carbocycles. The second-order valence-electron chi connectivity index (χ2n) is 1.80. The lowest BCUT2D eigenvalue weighted by atomic mass is 10.3. The summed E-state index contributed by atoms with van der Waals surface area (Å²) in [6, 6.07) is 2.01. The van der Waals surface area contributed by atoms with Gasteiger partial charge in [-0.05, 0) is 18.6 Å². The van der Waals surface area contributed by atoms with Gasteiger partial charge in [0, 0.05) is 4.88 Å². The first-order valence-corrected chi connectivity index (χ1v) is 4.27. The summed E-state index contributed by atoms with van der Waals surface area (Å²) < 4.78 is 0.852. The summed E-state index contributed by atoms with van der Waals surface area (Å²) in [5, 5.41) is 0. The third-order valence-corrected chi connectivity index (χ3v) is 3.04. The second-order valence-corrected chi connectivity index (χ2v) is 3.81. The molecule has 0 aliphatic heterocycles. The standard InChI is InChI=1S/C6H6Cl2S/c1-4-2-5(3-7)9-6(4)8/h2H,3H2,1H3. The van der Waals surface area contributed by atoms with E-state index in [1.165, 1.54) is 0 Å². The zero-order valence-electron chi connectivity index (χ0n) is 4.95. The highest BCUT2D eigenvalue weighted by atomic mass is 35.5. The lowest BCUT2D eigenvalue weighted by Crippen LogP contribution is -1.62. The van der Waals surface area contributed by atoms with Gasteiger partial charge in [0.1, 0.15) is 0 Å². The lowest BCUT2D eigenvalue weighted by molar-refractivity contribution is 1.47. The Bertz CT molecular complexity index is 185. The molecule has 0 spiro atoms. The lowest BCUT2D eigenvalue weighted by Gasteiger charge is -1.77. The quantitative estimate of drug-likeness (QED) is 0.582. The van der Waals surface area contributed by atoms with Crippen molar-refractivity contribution in [3.8, 4) is 0 Å². The summed E-state index contributed by atoms with van der Waals surface area (Å²) in [5.74, 6) is 0.568. The van der Waals surface area contributed by atoms with Crippen LogP contribution in [0.2, 0.25) is 4.34 Å². The highest BCUT2D eigenvalue weighted by Crippen LogP contribution is 2.27. The molecule has 0 saturated carbocycles. The first-order valence-electron chi connectivity index (χ1n) is 2.55. The number of aryl methyl sites for hydroxylation is 1. The zero-order valence-corrected chi connectivity index (χ0v) is 7.28. The van der Waals surface area contributed by atoms with Crippen LogP contribution in [0.15, 0.2) is 6.07 Å². The Morgan fingerprint density at radius 1 is 1.67 bits per heavy atom. The largest absolute Gasteiger partial charge is 0.127 e. The highest BCUT2D eigenvalue weighted by molar-refractivity contribution is 7.16. The van der Waals surface area contributed by atoms with E-state index in [4.69, 9.17) is 23.2 Å². The predicted molar refractivity (Wildman–Crippen MR) is 43.6 cm³/mol. The highest BCUT2D eigenvalue weighted by Gasteiger charge is 1.99. The van der Waals surface area contributed by atoms with Crippen LogP contribution in [0.4, 0.5) is 0 Å². The smallest absolute Gasteiger partial charge is 0.0960 e. The number of hydrogen-bond acceptors (Lipinski definition) is 1. The van der Waals surface area contributed by atoms with Crippen LogP contribution < -0.4 is 0 Å². The average molecular weight is 181 g/mol. The van der Waals surface area contributed by atoms with Crippen molar-refractivity contribution in [2.75, 3.05) is 0 Å². The fourth-order valence-corrected chi connectivity index (χ4v) is 1.92. The van der Waals surface area contributed by atoms with Crippen molar-refractivity contribution in [1.82, 2.24) is 0 Å². The topological polar surface area (TPSA) is 0 Å². The molecule has 1 heterocycles. The first kappa shape index (κ1) is 7.39. The normalized spacial score (nSPS) is 10.1. The Hall–Kier alpha value is 0.280. The van der Waals surface area contributed by atoms with Gasteiger partial charge in [-0.2, -0.15) is 0 Å².